The summed E-state index contributed by atoms with van der Waals surface area (Å²) in [7, 11) is 0. The van der Waals surface area contributed by atoms with Gasteiger partial charge in [0.1, 0.15) is 17.1 Å². The number of hydrogen-bond acceptors (Lipinski definition) is 8. The van der Waals surface area contributed by atoms with Gasteiger partial charge in [-0.15, -0.1) is 0 Å². The second-order valence-electron chi connectivity index (χ2n) is 9.62. The van der Waals surface area contributed by atoms with Crippen molar-refractivity contribution in [2.75, 3.05) is 51.3 Å². The maximum absolute atomic E-state index is 13.8. The van der Waals surface area contributed by atoms with E-state index in [0.717, 1.165) is 61.4 Å². The van der Waals surface area contributed by atoms with Crippen molar-refractivity contribution in [3.8, 4) is 11.6 Å². The van der Waals surface area contributed by atoms with E-state index >= 15 is 0 Å². The number of anilines is 1. The number of hydrogen-bond donors (Lipinski definition) is 1. The number of ether oxygens (including phenoxy) is 2. The summed E-state index contributed by atoms with van der Waals surface area (Å²) in [6, 6.07) is 13.3. The standard InChI is InChI=1S/C29H30FN7O3/c30-22-3-2-21-7-11-36(26(21)18-22)27-4-5-28(38)37(34-27)12-9-32-24-6-8-31-25-19-23(20-33-29(24)25)40-15-1-10-35-13-16-39-17-14-35/h2-8,11,18-20H,1,9-10,12-17H2,(H,31,32). The second kappa shape index (κ2) is 11.8. The molecule has 0 unspecified atom stereocenters. The summed E-state index contributed by atoms with van der Waals surface area (Å²) in [4.78, 5) is 23.9. The number of fused-ring (bicyclic) bond motifs is 2. The summed E-state index contributed by atoms with van der Waals surface area (Å²) < 4.78 is 28.3. The van der Waals surface area contributed by atoms with Crippen molar-refractivity contribution in [3.63, 3.8) is 0 Å². The van der Waals surface area contributed by atoms with E-state index in [0.29, 0.717) is 36.8 Å². The number of nitrogens with one attached hydrogen (secondary N) is 1. The van der Waals surface area contributed by atoms with Crippen molar-refractivity contribution in [3.05, 3.63) is 83.3 Å². The minimum Gasteiger partial charge on any atom is -0.492 e. The van der Waals surface area contributed by atoms with Crippen molar-refractivity contribution in [1.29, 1.82) is 0 Å². The molecule has 0 radical (unpaired) electrons. The summed E-state index contributed by atoms with van der Waals surface area (Å²) in [5.41, 5.74) is 2.71. The molecule has 1 saturated heterocycles. The van der Waals surface area contributed by atoms with Gasteiger partial charge in [0.05, 0.1) is 49.3 Å². The predicted octanol–water partition coefficient (Wildman–Crippen LogP) is 3.48. The molecule has 1 aliphatic rings. The Hall–Kier alpha value is -4.35. The van der Waals surface area contributed by atoms with Gasteiger partial charge in [-0.1, -0.05) is 0 Å². The van der Waals surface area contributed by atoms with Crippen molar-refractivity contribution in [2.24, 2.45) is 0 Å². The monoisotopic (exact) mass is 543 g/mol. The van der Waals surface area contributed by atoms with Crippen LogP contribution in [0.5, 0.6) is 5.75 Å². The zero-order valence-electron chi connectivity index (χ0n) is 22.0. The summed E-state index contributed by atoms with van der Waals surface area (Å²) in [6.07, 6.45) is 6.18. The molecule has 0 saturated carbocycles. The minimum absolute atomic E-state index is 0.221. The molecule has 0 aliphatic carbocycles. The molecule has 5 heterocycles. The Morgan fingerprint density at radius 3 is 2.83 bits per heavy atom. The van der Waals surface area contributed by atoms with Crippen LogP contribution in [0.3, 0.4) is 0 Å². The topological polar surface area (TPSA) is 99.3 Å². The molecular formula is C29H30FN7O3. The molecular weight excluding hydrogens is 513 g/mol. The molecule has 0 spiro atoms. The van der Waals surface area contributed by atoms with Gasteiger partial charge in [0.15, 0.2) is 5.82 Å². The molecule has 6 rings (SSSR count). The molecule has 1 aliphatic heterocycles. The van der Waals surface area contributed by atoms with Gasteiger partial charge < -0.3 is 14.8 Å². The van der Waals surface area contributed by atoms with E-state index in [1.165, 1.54) is 22.9 Å². The van der Waals surface area contributed by atoms with Crippen LogP contribution in [-0.2, 0) is 11.3 Å². The molecule has 206 valence electrons. The zero-order chi connectivity index (χ0) is 27.3. The van der Waals surface area contributed by atoms with Crippen LogP contribution in [0.4, 0.5) is 10.1 Å². The lowest BCUT2D eigenvalue weighted by Gasteiger charge is -2.26. The van der Waals surface area contributed by atoms with Crippen molar-refractivity contribution >= 4 is 27.6 Å². The van der Waals surface area contributed by atoms with Gasteiger partial charge in [0.2, 0.25) is 0 Å². The Morgan fingerprint density at radius 1 is 1.02 bits per heavy atom. The van der Waals surface area contributed by atoms with Crippen LogP contribution in [0.15, 0.2) is 71.9 Å². The van der Waals surface area contributed by atoms with Crippen LogP contribution in [0, 0.1) is 5.82 Å². The quantitative estimate of drug-likeness (QED) is 0.268. The Morgan fingerprint density at radius 2 is 1.93 bits per heavy atom. The van der Waals surface area contributed by atoms with Gasteiger partial charge in [0.25, 0.3) is 5.56 Å². The lowest BCUT2D eigenvalue weighted by Crippen LogP contribution is -2.37. The highest BCUT2D eigenvalue weighted by atomic mass is 19.1. The third kappa shape index (κ3) is 5.80. The maximum Gasteiger partial charge on any atom is 0.266 e. The average Bonchev–Trinajstić information content (AvgIpc) is 3.40. The van der Waals surface area contributed by atoms with Gasteiger partial charge in [-0.25, -0.2) is 14.1 Å². The number of benzene rings is 1. The van der Waals surface area contributed by atoms with Crippen LogP contribution in [0.25, 0.3) is 27.8 Å². The van der Waals surface area contributed by atoms with E-state index in [9.17, 15) is 9.18 Å². The third-order valence-corrected chi connectivity index (χ3v) is 6.94. The summed E-state index contributed by atoms with van der Waals surface area (Å²) in [6.45, 7) is 5.90. The Balaban J connectivity index is 1.09. The fraction of sp³-hybridized carbons (Fsp3) is 0.310. The minimum atomic E-state index is -0.328. The maximum atomic E-state index is 13.8. The van der Waals surface area contributed by atoms with Gasteiger partial charge in [0, 0.05) is 56.1 Å². The molecule has 0 amide bonds. The number of rotatable bonds is 10. The molecule has 1 N–H and O–H groups in total. The summed E-state index contributed by atoms with van der Waals surface area (Å²) in [5, 5.41) is 8.75. The number of halogens is 1. The Kier molecular flexibility index (Phi) is 7.64. The average molecular weight is 544 g/mol. The normalized spacial score (nSPS) is 14.1. The first-order valence-corrected chi connectivity index (χ1v) is 13.4. The van der Waals surface area contributed by atoms with Crippen molar-refractivity contribution < 1.29 is 13.9 Å². The van der Waals surface area contributed by atoms with Gasteiger partial charge in [-0.3, -0.25) is 19.2 Å². The van der Waals surface area contributed by atoms with Crippen LogP contribution in [-0.4, -0.2) is 75.2 Å². The summed E-state index contributed by atoms with van der Waals surface area (Å²) >= 11 is 0. The van der Waals surface area contributed by atoms with E-state index in [1.54, 1.807) is 29.1 Å². The lowest BCUT2D eigenvalue weighted by molar-refractivity contribution is 0.0358. The van der Waals surface area contributed by atoms with E-state index in [1.807, 2.05) is 24.4 Å². The van der Waals surface area contributed by atoms with Crippen LogP contribution in [0.2, 0.25) is 0 Å². The first-order chi connectivity index (χ1) is 19.6. The van der Waals surface area contributed by atoms with E-state index in [4.69, 9.17) is 9.47 Å². The number of nitrogens with zero attached hydrogens (tertiary/aromatic N) is 6. The van der Waals surface area contributed by atoms with Crippen LogP contribution >= 0.6 is 0 Å². The zero-order valence-corrected chi connectivity index (χ0v) is 22.0. The molecule has 10 nitrogen and oxygen atoms in total. The molecule has 11 heteroatoms. The highest BCUT2D eigenvalue weighted by Crippen LogP contribution is 2.23. The van der Waals surface area contributed by atoms with Crippen LogP contribution < -0.4 is 15.6 Å². The van der Waals surface area contributed by atoms with E-state index in [2.05, 4.69) is 25.3 Å². The highest BCUT2D eigenvalue weighted by molar-refractivity contribution is 5.87. The second-order valence-corrected chi connectivity index (χ2v) is 9.62. The largest absolute Gasteiger partial charge is 0.492 e. The first kappa shape index (κ1) is 25.9. The molecule has 1 aromatic carbocycles. The lowest BCUT2D eigenvalue weighted by atomic mass is 10.2. The SMILES string of the molecule is O=c1ccc(-n2ccc3ccc(F)cc32)nn1CCNc1ccnc2cc(OCCCN3CCOCC3)cnc12. The first-order valence-electron chi connectivity index (χ1n) is 13.4. The molecule has 4 aromatic heterocycles. The number of pyridine rings is 2. The Bertz CT molecular complexity index is 1680. The number of morpholine rings is 1. The van der Waals surface area contributed by atoms with E-state index < -0.39 is 0 Å². The molecule has 40 heavy (non-hydrogen) atoms. The fourth-order valence-corrected chi connectivity index (χ4v) is 4.86. The number of aromatic nitrogens is 5. The molecule has 5 aromatic rings. The summed E-state index contributed by atoms with van der Waals surface area (Å²) in [5.74, 6) is 0.892. The molecule has 0 bridgehead atoms. The Labute approximate surface area is 230 Å². The van der Waals surface area contributed by atoms with Crippen LogP contribution in [0.1, 0.15) is 6.42 Å². The van der Waals surface area contributed by atoms with Gasteiger partial charge in [-0.05, 0) is 42.8 Å². The predicted molar refractivity (Wildman–Crippen MR) is 151 cm³/mol. The van der Waals surface area contributed by atoms with Crippen molar-refractivity contribution in [1.82, 2.24) is 29.2 Å². The molecule has 1 fully saturated rings. The smallest absolute Gasteiger partial charge is 0.266 e. The highest BCUT2D eigenvalue weighted by Gasteiger charge is 2.11. The third-order valence-electron chi connectivity index (χ3n) is 6.94. The molecule has 0 atom stereocenters. The van der Waals surface area contributed by atoms with Crippen molar-refractivity contribution in [2.45, 2.75) is 13.0 Å². The van der Waals surface area contributed by atoms with Gasteiger partial charge in [-0.2, -0.15) is 5.10 Å². The van der Waals surface area contributed by atoms with E-state index in [-0.39, 0.29) is 11.4 Å². The van der Waals surface area contributed by atoms with Gasteiger partial charge >= 0.3 is 0 Å². The fourth-order valence-electron chi connectivity index (χ4n) is 4.86.